The fourth-order valence-electron chi connectivity index (χ4n) is 1.17. The SMILES string of the molecule is CC(C)CSc1ccc(F)c(N)c1C(=O)O. The second-order valence-electron chi connectivity index (χ2n) is 3.84. The van der Waals surface area contributed by atoms with E-state index in [9.17, 15) is 9.18 Å². The van der Waals surface area contributed by atoms with E-state index in [0.29, 0.717) is 10.8 Å². The fourth-order valence-corrected chi connectivity index (χ4v) is 2.19. The third-order valence-corrected chi connectivity index (χ3v) is 3.42. The average Bonchev–Trinajstić information content (AvgIpc) is 2.19. The quantitative estimate of drug-likeness (QED) is 0.630. The number of hydrogen-bond acceptors (Lipinski definition) is 3. The number of aromatic carboxylic acids is 1. The molecule has 0 heterocycles. The predicted molar refractivity (Wildman–Crippen MR) is 63.3 cm³/mol. The number of anilines is 1. The molecular formula is C11H14FNO2S. The standard InChI is InChI=1S/C11H14FNO2S/c1-6(2)5-16-8-4-3-7(12)10(13)9(8)11(14)15/h3-4,6H,5,13H2,1-2H3,(H,14,15). The number of rotatable bonds is 4. The van der Waals surface area contributed by atoms with Gasteiger partial charge in [0.2, 0.25) is 0 Å². The molecule has 0 aliphatic heterocycles. The van der Waals surface area contributed by atoms with Crippen LogP contribution in [0.15, 0.2) is 17.0 Å². The van der Waals surface area contributed by atoms with E-state index in [1.54, 1.807) is 0 Å². The summed E-state index contributed by atoms with van der Waals surface area (Å²) in [6, 6.07) is 2.66. The minimum absolute atomic E-state index is 0.134. The van der Waals surface area contributed by atoms with E-state index in [1.165, 1.54) is 23.9 Å². The molecule has 0 spiro atoms. The van der Waals surface area contributed by atoms with Crippen molar-refractivity contribution in [2.45, 2.75) is 18.7 Å². The number of halogens is 1. The van der Waals surface area contributed by atoms with Gasteiger partial charge in [-0.25, -0.2) is 9.18 Å². The number of nitrogens with two attached hydrogens (primary N) is 1. The Morgan fingerprint density at radius 1 is 1.56 bits per heavy atom. The van der Waals surface area contributed by atoms with Crippen molar-refractivity contribution < 1.29 is 14.3 Å². The first-order valence-electron chi connectivity index (χ1n) is 4.87. The van der Waals surface area contributed by atoms with Crippen molar-refractivity contribution in [3.8, 4) is 0 Å². The maximum atomic E-state index is 13.1. The summed E-state index contributed by atoms with van der Waals surface area (Å²) >= 11 is 1.38. The zero-order valence-corrected chi connectivity index (χ0v) is 9.97. The second-order valence-corrected chi connectivity index (χ2v) is 4.91. The summed E-state index contributed by atoms with van der Waals surface area (Å²) in [6.45, 7) is 4.06. The van der Waals surface area contributed by atoms with Gasteiger partial charge in [0.15, 0.2) is 0 Å². The number of nitrogen functional groups attached to an aromatic ring is 1. The molecule has 0 saturated heterocycles. The number of carbonyl (C=O) groups is 1. The molecule has 0 aromatic heterocycles. The molecule has 1 rings (SSSR count). The Morgan fingerprint density at radius 2 is 2.19 bits per heavy atom. The van der Waals surface area contributed by atoms with Crippen molar-refractivity contribution in [2.24, 2.45) is 5.92 Å². The van der Waals surface area contributed by atoms with Crippen LogP contribution in [0.5, 0.6) is 0 Å². The van der Waals surface area contributed by atoms with Crippen molar-refractivity contribution in [1.29, 1.82) is 0 Å². The maximum absolute atomic E-state index is 13.1. The maximum Gasteiger partial charge on any atom is 0.339 e. The molecule has 0 aliphatic carbocycles. The summed E-state index contributed by atoms with van der Waals surface area (Å²) in [7, 11) is 0. The first-order chi connectivity index (χ1) is 7.43. The lowest BCUT2D eigenvalue weighted by atomic mass is 10.2. The Morgan fingerprint density at radius 3 is 2.69 bits per heavy atom. The van der Waals surface area contributed by atoms with E-state index in [2.05, 4.69) is 0 Å². The Labute approximate surface area is 97.8 Å². The van der Waals surface area contributed by atoms with Gasteiger partial charge in [0.25, 0.3) is 0 Å². The van der Waals surface area contributed by atoms with Gasteiger partial charge >= 0.3 is 5.97 Å². The monoisotopic (exact) mass is 243 g/mol. The van der Waals surface area contributed by atoms with Crippen LogP contribution < -0.4 is 5.73 Å². The number of carboxylic acids is 1. The topological polar surface area (TPSA) is 63.3 Å². The lowest BCUT2D eigenvalue weighted by molar-refractivity contribution is 0.0694. The summed E-state index contributed by atoms with van der Waals surface area (Å²) in [5.74, 6) is -0.682. The van der Waals surface area contributed by atoms with Gasteiger partial charge in [0.05, 0.1) is 11.3 Å². The van der Waals surface area contributed by atoms with Crippen molar-refractivity contribution >= 4 is 23.4 Å². The Balaban J connectivity index is 3.08. The van der Waals surface area contributed by atoms with Gasteiger partial charge in [0.1, 0.15) is 5.82 Å². The fraction of sp³-hybridized carbons (Fsp3) is 0.364. The number of benzene rings is 1. The molecule has 0 bridgehead atoms. The van der Waals surface area contributed by atoms with Gasteiger partial charge in [-0.3, -0.25) is 0 Å². The van der Waals surface area contributed by atoms with Gasteiger partial charge in [-0.2, -0.15) is 0 Å². The molecular weight excluding hydrogens is 229 g/mol. The highest BCUT2D eigenvalue weighted by Gasteiger charge is 2.17. The zero-order chi connectivity index (χ0) is 12.3. The molecule has 3 N–H and O–H groups in total. The van der Waals surface area contributed by atoms with Crippen LogP contribution in [-0.2, 0) is 0 Å². The zero-order valence-electron chi connectivity index (χ0n) is 9.16. The number of hydrogen-bond donors (Lipinski definition) is 2. The van der Waals surface area contributed by atoms with Gasteiger partial charge in [-0.05, 0) is 18.1 Å². The van der Waals surface area contributed by atoms with Gasteiger partial charge in [-0.1, -0.05) is 13.8 Å². The Hall–Kier alpha value is -1.23. The van der Waals surface area contributed by atoms with Crippen LogP contribution in [0.25, 0.3) is 0 Å². The summed E-state index contributed by atoms with van der Waals surface area (Å²) in [5, 5.41) is 8.98. The molecule has 0 fully saturated rings. The number of thioether (sulfide) groups is 1. The molecule has 0 saturated carbocycles. The summed E-state index contributed by atoms with van der Waals surface area (Å²) in [6.07, 6.45) is 0. The van der Waals surface area contributed by atoms with Crippen molar-refractivity contribution in [3.63, 3.8) is 0 Å². The highest BCUT2D eigenvalue weighted by molar-refractivity contribution is 7.99. The lowest BCUT2D eigenvalue weighted by Gasteiger charge is -2.10. The normalized spacial score (nSPS) is 10.8. The molecule has 0 atom stereocenters. The van der Waals surface area contributed by atoms with E-state index in [4.69, 9.17) is 10.8 Å². The van der Waals surface area contributed by atoms with Crippen LogP contribution in [0.2, 0.25) is 0 Å². The summed E-state index contributed by atoms with van der Waals surface area (Å²) in [4.78, 5) is 11.5. The average molecular weight is 243 g/mol. The molecule has 88 valence electrons. The largest absolute Gasteiger partial charge is 0.478 e. The molecule has 0 amide bonds. The van der Waals surface area contributed by atoms with Crippen LogP contribution in [-0.4, -0.2) is 16.8 Å². The lowest BCUT2D eigenvalue weighted by Crippen LogP contribution is -2.07. The molecule has 3 nitrogen and oxygen atoms in total. The van der Waals surface area contributed by atoms with Crippen LogP contribution in [0.3, 0.4) is 0 Å². The van der Waals surface area contributed by atoms with Crippen LogP contribution in [0.4, 0.5) is 10.1 Å². The number of carboxylic acid groups (broad SMARTS) is 1. The molecule has 5 heteroatoms. The van der Waals surface area contributed by atoms with Crippen molar-refractivity contribution in [3.05, 3.63) is 23.5 Å². The summed E-state index contributed by atoms with van der Waals surface area (Å²) in [5.41, 5.74) is 5.00. The van der Waals surface area contributed by atoms with Gasteiger partial charge < -0.3 is 10.8 Å². The molecule has 16 heavy (non-hydrogen) atoms. The van der Waals surface area contributed by atoms with E-state index >= 15 is 0 Å². The molecule has 0 unspecified atom stereocenters. The van der Waals surface area contributed by atoms with Crippen LogP contribution >= 0.6 is 11.8 Å². The first-order valence-corrected chi connectivity index (χ1v) is 5.86. The highest BCUT2D eigenvalue weighted by Crippen LogP contribution is 2.30. The third-order valence-electron chi connectivity index (χ3n) is 1.94. The second kappa shape index (κ2) is 5.21. The first kappa shape index (κ1) is 12.8. The van der Waals surface area contributed by atoms with Crippen LogP contribution in [0, 0.1) is 11.7 Å². The van der Waals surface area contributed by atoms with E-state index in [-0.39, 0.29) is 11.3 Å². The molecule has 1 aromatic rings. The third kappa shape index (κ3) is 2.88. The predicted octanol–water partition coefficient (Wildman–Crippen LogP) is 2.85. The minimum atomic E-state index is -1.19. The molecule has 1 aromatic carbocycles. The Kier molecular flexibility index (Phi) is 4.18. The smallest absolute Gasteiger partial charge is 0.339 e. The molecule has 0 radical (unpaired) electrons. The highest BCUT2D eigenvalue weighted by atomic mass is 32.2. The van der Waals surface area contributed by atoms with Crippen molar-refractivity contribution in [1.82, 2.24) is 0 Å². The minimum Gasteiger partial charge on any atom is -0.478 e. The van der Waals surface area contributed by atoms with Crippen molar-refractivity contribution in [2.75, 3.05) is 11.5 Å². The van der Waals surface area contributed by atoms with E-state index in [0.717, 1.165) is 5.75 Å². The van der Waals surface area contributed by atoms with E-state index < -0.39 is 11.8 Å². The Bertz CT molecular complexity index is 407. The van der Waals surface area contributed by atoms with Crippen LogP contribution in [0.1, 0.15) is 24.2 Å². The van der Waals surface area contributed by atoms with Gasteiger partial charge in [0, 0.05) is 10.6 Å². The summed E-state index contributed by atoms with van der Waals surface area (Å²) < 4.78 is 13.1. The molecule has 0 aliphatic rings. The van der Waals surface area contributed by atoms with Gasteiger partial charge in [-0.15, -0.1) is 11.8 Å². The van der Waals surface area contributed by atoms with E-state index in [1.807, 2.05) is 13.8 Å².